The van der Waals surface area contributed by atoms with E-state index in [4.69, 9.17) is 5.73 Å². The van der Waals surface area contributed by atoms with Gasteiger partial charge in [0.25, 0.3) is 0 Å². The summed E-state index contributed by atoms with van der Waals surface area (Å²) < 4.78 is 0. The summed E-state index contributed by atoms with van der Waals surface area (Å²) in [5.74, 6) is -0.926. The van der Waals surface area contributed by atoms with E-state index >= 15 is 0 Å². The van der Waals surface area contributed by atoms with Gasteiger partial charge in [0.05, 0.1) is 5.92 Å². The van der Waals surface area contributed by atoms with Crippen LogP contribution in [0.2, 0.25) is 0 Å². The van der Waals surface area contributed by atoms with Gasteiger partial charge >= 0.3 is 5.97 Å². The van der Waals surface area contributed by atoms with Crippen LogP contribution in [-0.2, 0) is 4.79 Å². The van der Waals surface area contributed by atoms with Gasteiger partial charge in [-0.3, -0.25) is 4.79 Å². The van der Waals surface area contributed by atoms with Gasteiger partial charge in [-0.1, -0.05) is 52.4 Å². The fourth-order valence-corrected chi connectivity index (χ4v) is 3.17. The van der Waals surface area contributed by atoms with E-state index in [1.807, 2.05) is 13.8 Å². The Bertz CT molecular complexity index is 245. The van der Waals surface area contributed by atoms with E-state index in [-0.39, 0.29) is 11.8 Å². The van der Waals surface area contributed by atoms with Gasteiger partial charge in [-0.15, -0.1) is 0 Å². The maximum atomic E-state index is 11.5. The van der Waals surface area contributed by atoms with Gasteiger partial charge in [0.15, 0.2) is 0 Å². The van der Waals surface area contributed by atoms with Crippen LogP contribution in [0.5, 0.6) is 0 Å². The Morgan fingerprint density at radius 2 is 1.71 bits per heavy atom. The highest BCUT2D eigenvalue weighted by Gasteiger charge is 2.42. The van der Waals surface area contributed by atoms with Crippen molar-refractivity contribution in [3.63, 3.8) is 0 Å². The molecule has 1 aliphatic carbocycles. The van der Waals surface area contributed by atoms with Crippen molar-refractivity contribution >= 4 is 5.97 Å². The summed E-state index contributed by atoms with van der Waals surface area (Å²) in [5.41, 5.74) is 5.98. The molecule has 3 nitrogen and oxygen atoms in total. The van der Waals surface area contributed by atoms with Crippen molar-refractivity contribution in [2.45, 2.75) is 70.8 Å². The van der Waals surface area contributed by atoms with Crippen molar-refractivity contribution in [1.29, 1.82) is 0 Å². The first-order valence-electron chi connectivity index (χ1n) is 7.03. The molecular formula is C14H27NO2. The molecule has 0 saturated heterocycles. The van der Waals surface area contributed by atoms with Crippen molar-refractivity contribution in [3.05, 3.63) is 0 Å². The highest BCUT2D eigenvalue weighted by molar-refractivity contribution is 5.72. The molecule has 0 bridgehead atoms. The molecule has 2 atom stereocenters. The molecule has 3 N–H and O–H groups in total. The third-order valence-electron chi connectivity index (χ3n) is 4.38. The summed E-state index contributed by atoms with van der Waals surface area (Å²) in [4.78, 5) is 11.5. The molecule has 0 heterocycles. The topological polar surface area (TPSA) is 63.3 Å². The number of carbonyl (C=O) groups is 1. The zero-order chi connectivity index (χ0) is 12.9. The van der Waals surface area contributed by atoms with Gasteiger partial charge in [-0.25, -0.2) is 0 Å². The monoisotopic (exact) mass is 241 g/mol. The third kappa shape index (κ3) is 3.70. The van der Waals surface area contributed by atoms with Gasteiger partial charge in [0, 0.05) is 5.54 Å². The Morgan fingerprint density at radius 1 is 1.24 bits per heavy atom. The van der Waals surface area contributed by atoms with Gasteiger partial charge in [-0.05, 0) is 18.8 Å². The van der Waals surface area contributed by atoms with Crippen molar-refractivity contribution in [2.75, 3.05) is 0 Å². The first-order chi connectivity index (χ1) is 8.01. The molecule has 2 unspecified atom stereocenters. The van der Waals surface area contributed by atoms with Crippen LogP contribution in [0.25, 0.3) is 0 Å². The van der Waals surface area contributed by atoms with E-state index < -0.39 is 11.5 Å². The molecule has 0 spiro atoms. The smallest absolute Gasteiger partial charge is 0.308 e. The highest BCUT2D eigenvalue weighted by atomic mass is 16.4. The van der Waals surface area contributed by atoms with Crippen LogP contribution in [0, 0.1) is 11.8 Å². The van der Waals surface area contributed by atoms with Crippen LogP contribution in [0.4, 0.5) is 0 Å². The van der Waals surface area contributed by atoms with Crippen LogP contribution in [0.3, 0.4) is 0 Å². The molecule has 1 saturated carbocycles. The fraction of sp³-hybridized carbons (Fsp3) is 0.929. The molecule has 3 heteroatoms. The summed E-state index contributed by atoms with van der Waals surface area (Å²) in [6.07, 6.45) is 8.46. The minimum absolute atomic E-state index is 0.164. The maximum absolute atomic E-state index is 11.5. The molecule has 0 aromatic rings. The zero-order valence-electron chi connectivity index (χ0n) is 11.2. The second kappa shape index (κ2) is 6.39. The summed E-state index contributed by atoms with van der Waals surface area (Å²) in [6.45, 7) is 4.07. The van der Waals surface area contributed by atoms with Crippen LogP contribution in [-0.4, -0.2) is 16.6 Å². The fourth-order valence-electron chi connectivity index (χ4n) is 3.17. The molecule has 0 amide bonds. The lowest BCUT2D eigenvalue weighted by Crippen LogP contribution is -2.53. The van der Waals surface area contributed by atoms with Crippen LogP contribution < -0.4 is 5.73 Å². The number of hydrogen-bond donors (Lipinski definition) is 2. The Kier molecular flexibility index (Phi) is 5.44. The SMILES string of the molecule is CCC(C)C(C(=O)O)C1(N)CCCCCCC1. The first-order valence-corrected chi connectivity index (χ1v) is 7.03. The van der Waals surface area contributed by atoms with Gasteiger partial charge < -0.3 is 10.8 Å². The number of hydrogen-bond acceptors (Lipinski definition) is 2. The number of aliphatic carboxylic acids is 1. The zero-order valence-corrected chi connectivity index (χ0v) is 11.2. The van der Waals surface area contributed by atoms with E-state index in [9.17, 15) is 9.90 Å². The molecule has 0 aromatic heterocycles. The quantitative estimate of drug-likeness (QED) is 0.794. The van der Waals surface area contributed by atoms with Crippen LogP contribution in [0.1, 0.15) is 65.2 Å². The van der Waals surface area contributed by atoms with Gasteiger partial charge in [0.1, 0.15) is 0 Å². The summed E-state index contributed by atoms with van der Waals surface area (Å²) in [6, 6.07) is 0. The molecule has 0 aliphatic heterocycles. The normalized spacial score (nSPS) is 24.4. The van der Waals surface area contributed by atoms with E-state index in [1.54, 1.807) is 0 Å². The molecule has 17 heavy (non-hydrogen) atoms. The van der Waals surface area contributed by atoms with E-state index in [0.717, 1.165) is 32.1 Å². The van der Waals surface area contributed by atoms with Crippen molar-refractivity contribution < 1.29 is 9.90 Å². The van der Waals surface area contributed by atoms with E-state index in [1.165, 1.54) is 19.3 Å². The Labute approximate surface area is 105 Å². The minimum Gasteiger partial charge on any atom is -0.481 e. The Balaban J connectivity index is 2.83. The lowest BCUT2D eigenvalue weighted by Gasteiger charge is -2.39. The van der Waals surface area contributed by atoms with Crippen LogP contribution in [0.15, 0.2) is 0 Å². The lowest BCUT2D eigenvalue weighted by molar-refractivity contribution is -0.147. The predicted octanol–water partition coefficient (Wildman–Crippen LogP) is 3.18. The molecule has 100 valence electrons. The third-order valence-corrected chi connectivity index (χ3v) is 4.38. The summed E-state index contributed by atoms with van der Waals surface area (Å²) in [5, 5.41) is 9.47. The van der Waals surface area contributed by atoms with E-state index in [2.05, 4.69) is 0 Å². The van der Waals surface area contributed by atoms with E-state index in [0.29, 0.717) is 0 Å². The number of rotatable bonds is 4. The number of carboxylic acid groups (broad SMARTS) is 1. The van der Waals surface area contributed by atoms with Crippen molar-refractivity contribution in [3.8, 4) is 0 Å². The molecule has 0 aromatic carbocycles. The molecular weight excluding hydrogens is 214 g/mol. The standard InChI is InChI=1S/C14H27NO2/c1-3-11(2)12(13(16)17)14(15)9-7-5-4-6-8-10-14/h11-12H,3-10,15H2,1-2H3,(H,16,17). The van der Waals surface area contributed by atoms with Gasteiger partial charge in [-0.2, -0.15) is 0 Å². The number of nitrogens with two attached hydrogens (primary N) is 1. The average Bonchev–Trinajstić information content (AvgIpc) is 2.23. The first kappa shape index (κ1) is 14.5. The summed E-state index contributed by atoms with van der Waals surface area (Å²) in [7, 11) is 0. The second-order valence-electron chi connectivity index (χ2n) is 5.70. The summed E-state index contributed by atoms with van der Waals surface area (Å²) >= 11 is 0. The molecule has 1 aliphatic rings. The van der Waals surface area contributed by atoms with Gasteiger partial charge in [0.2, 0.25) is 0 Å². The number of carboxylic acids is 1. The highest BCUT2D eigenvalue weighted by Crippen LogP contribution is 2.35. The Hall–Kier alpha value is -0.570. The average molecular weight is 241 g/mol. The van der Waals surface area contributed by atoms with Crippen molar-refractivity contribution in [2.24, 2.45) is 17.6 Å². The maximum Gasteiger partial charge on any atom is 0.308 e. The second-order valence-corrected chi connectivity index (χ2v) is 5.70. The minimum atomic E-state index is -0.706. The lowest BCUT2D eigenvalue weighted by atomic mass is 9.70. The van der Waals surface area contributed by atoms with Crippen molar-refractivity contribution in [1.82, 2.24) is 0 Å². The Morgan fingerprint density at radius 3 is 2.12 bits per heavy atom. The predicted molar refractivity (Wildman–Crippen MR) is 69.8 cm³/mol. The molecule has 1 rings (SSSR count). The molecule has 1 fully saturated rings. The van der Waals surface area contributed by atoms with Crippen LogP contribution >= 0.6 is 0 Å². The largest absolute Gasteiger partial charge is 0.481 e. The molecule has 0 radical (unpaired) electrons.